The maximum absolute atomic E-state index is 12.1. The number of hydrogen-bond acceptors (Lipinski definition) is 4. The summed E-state index contributed by atoms with van der Waals surface area (Å²) in [5.74, 6) is 0.264. The second kappa shape index (κ2) is 5.84. The average Bonchev–Trinajstić information content (AvgIpc) is 2.86. The third kappa shape index (κ3) is 4.03. The quantitative estimate of drug-likeness (QED) is 0.910. The molecular weight excluding hydrogens is 268 g/mol. The molecule has 0 aromatic heterocycles. The number of anilines is 1. The van der Waals surface area contributed by atoms with Crippen molar-refractivity contribution < 1.29 is 14.6 Å². The largest absolute Gasteiger partial charge is 0.508 e. The Morgan fingerprint density at radius 1 is 1.33 bits per heavy atom. The third-order valence-electron chi connectivity index (χ3n) is 3.61. The first kappa shape index (κ1) is 15.5. The molecule has 1 atom stereocenters. The topological polar surface area (TPSA) is 53.0 Å². The van der Waals surface area contributed by atoms with Gasteiger partial charge in [-0.1, -0.05) is 0 Å². The van der Waals surface area contributed by atoms with E-state index in [-0.39, 0.29) is 17.9 Å². The summed E-state index contributed by atoms with van der Waals surface area (Å²) in [4.78, 5) is 16.0. The first-order chi connectivity index (χ1) is 9.76. The highest BCUT2D eigenvalue weighted by Crippen LogP contribution is 2.25. The van der Waals surface area contributed by atoms with E-state index in [1.807, 2.05) is 32.9 Å². The Morgan fingerprint density at radius 3 is 2.52 bits per heavy atom. The molecule has 1 aromatic rings. The fourth-order valence-corrected chi connectivity index (χ4v) is 2.44. The van der Waals surface area contributed by atoms with Gasteiger partial charge in [-0.3, -0.25) is 0 Å². The van der Waals surface area contributed by atoms with E-state index < -0.39 is 5.60 Å². The van der Waals surface area contributed by atoms with E-state index in [9.17, 15) is 9.90 Å². The second-order valence-corrected chi connectivity index (χ2v) is 6.50. The summed E-state index contributed by atoms with van der Waals surface area (Å²) in [6.45, 7) is 7.28. The van der Waals surface area contributed by atoms with Crippen LogP contribution in [0.25, 0.3) is 0 Å². The molecule has 116 valence electrons. The van der Waals surface area contributed by atoms with Crippen LogP contribution < -0.4 is 4.90 Å². The molecule has 2 rings (SSSR count). The van der Waals surface area contributed by atoms with Crippen LogP contribution in [0.15, 0.2) is 24.3 Å². The monoisotopic (exact) mass is 292 g/mol. The minimum absolute atomic E-state index is 0.147. The number of carbonyl (C=O) groups is 1. The van der Waals surface area contributed by atoms with Crippen molar-refractivity contribution >= 4 is 11.8 Å². The lowest BCUT2D eigenvalue weighted by Gasteiger charge is -2.28. The molecule has 5 heteroatoms. The summed E-state index contributed by atoms with van der Waals surface area (Å²) >= 11 is 0. The molecule has 1 amide bonds. The van der Waals surface area contributed by atoms with Crippen molar-refractivity contribution in [3.63, 3.8) is 0 Å². The van der Waals surface area contributed by atoms with Gasteiger partial charge in [0.1, 0.15) is 11.4 Å². The average molecular weight is 292 g/mol. The van der Waals surface area contributed by atoms with Gasteiger partial charge in [0.25, 0.3) is 0 Å². The maximum Gasteiger partial charge on any atom is 0.410 e. The number of likely N-dealkylation sites (N-methyl/N-ethyl adjacent to an activating group) is 1. The number of carbonyl (C=O) groups excluding carboxylic acids is 1. The summed E-state index contributed by atoms with van der Waals surface area (Å²) in [6.07, 6.45) is 0.636. The summed E-state index contributed by atoms with van der Waals surface area (Å²) < 4.78 is 5.40. The number of amides is 1. The van der Waals surface area contributed by atoms with Crippen LogP contribution >= 0.6 is 0 Å². The molecule has 0 aliphatic carbocycles. The molecule has 0 bridgehead atoms. The van der Waals surface area contributed by atoms with Crippen LogP contribution in [0.4, 0.5) is 10.5 Å². The van der Waals surface area contributed by atoms with Gasteiger partial charge in [-0.15, -0.1) is 0 Å². The molecule has 21 heavy (non-hydrogen) atoms. The van der Waals surface area contributed by atoms with Crippen molar-refractivity contribution in [1.29, 1.82) is 0 Å². The zero-order valence-corrected chi connectivity index (χ0v) is 13.2. The third-order valence-corrected chi connectivity index (χ3v) is 3.61. The minimum atomic E-state index is -0.472. The van der Waals surface area contributed by atoms with Gasteiger partial charge in [-0.25, -0.2) is 4.79 Å². The van der Waals surface area contributed by atoms with E-state index in [2.05, 4.69) is 4.90 Å². The molecular formula is C16H24N2O3. The fraction of sp³-hybridized carbons (Fsp3) is 0.562. The normalized spacial score (nSPS) is 18.7. The first-order valence-electron chi connectivity index (χ1n) is 7.26. The van der Waals surface area contributed by atoms with Gasteiger partial charge >= 0.3 is 6.09 Å². The van der Waals surface area contributed by atoms with Gasteiger partial charge in [-0.05, 0) is 51.5 Å². The molecule has 1 N–H and O–H groups in total. The molecule has 1 fully saturated rings. The van der Waals surface area contributed by atoms with Gasteiger partial charge in [0.15, 0.2) is 0 Å². The van der Waals surface area contributed by atoms with Crippen LogP contribution in [0.5, 0.6) is 5.75 Å². The van der Waals surface area contributed by atoms with Crippen molar-refractivity contribution in [2.45, 2.75) is 38.8 Å². The summed E-state index contributed by atoms with van der Waals surface area (Å²) in [5.41, 5.74) is 0.591. The van der Waals surface area contributed by atoms with Gasteiger partial charge in [-0.2, -0.15) is 0 Å². The van der Waals surface area contributed by atoms with Crippen molar-refractivity contribution in [2.24, 2.45) is 0 Å². The Kier molecular flexibility index (Phi) is 4.30. The summed E-state index contributed by atoms with van der Waals surface area (Å²) in [5, 5.41) is 9.33. The molecule has 1 saturated heterocycles. The molecule has 1 aliphatic heterocycles. The zero-order chi connectivity index (χ0) is 15.6. The number of benzene rings is 1. The maximum atomic E-state index is 12.1. The fourth-order valence-electron chi connectivity index (χ4n) is 2.44. The Balaban J connectivity index is 1.95. The first-order valence-corrected chi connectivity index (χ1v) is 7.26. The van der Waals surface area contributed by atoms with Gasteiger partial charge in [0.2, 0.25) is 0 Å². The van der Waals surface area contributed by atoms with Crippen LogP contribution in [-0.2, 0) is 4.74 Å². The number of aromatic hydroxyl groups is 1. The van der Waals surface area contributed by atoms with Crippen LogP contribution in [0.2, 0.25) is 0 Å². The molecule has 1 aliphatic rings. The molecule has 5 nitrogen and oxygen atoms in total. The lowest BCUT2D eigenvalue weighted by atomic mass is 10.2. The van der Waals surface area contributed by atoms with E-state index in [1.165, 1.54) is 0 Å². The van der Waals surface area contributed by atoms with E-state index in [0.717, 1.165) is 25.2 Å². The summed E-state index contributed by atoms with van der Waals surface area (Å²) in [6, 6.07) is 7.30. The zero-order valence-electron chi connectivity index (χ0n) is 13.2. The second-order valence-electron chi connectivity index (χ2n) is 6.50. The standard InChI is InChI=1S/C16H24N2O3/c1-16(2,3)21-15(20)17(4)13-9-10-18(11-13)12-5-7-14(19)8-6-12/h5-8,13,19H,9-11H2,1-4H3. The van der Waals surface area contributed by atoms with Crippen molar-refractivity contribution in [3.8, 4) is 5.75 Å². The number of ether oxygens (including phenoxy) is 1. The lowest BCUT2D eigenvalue weighted by Crippen LogP contribution is -2.42. The van der Waals surface area contributed by atoms with E-state index in [1.54, 1.807) is 24.1 Å². The molecule has 0 saturated carbocycles. The van der Waals surface area contributed by atoms with E-state index >= 15 is 0 Å². The predicted molar refractivity (Wildman–Crippen MR) is 82.7 cm³/mol. The van der Waals surface area contributed by atoms with E-state index in [4.69, 9.17) is 4.74 Å². The molecule has 0 radical (unpaired) electrons. The number of phenols is 1. The van der Waals surface area contributed by atoms with Crippen LogP contribution in [0, 0.1) is 0 Å². The van der Waals surface area contributed by atoms with Crippen molar-refractivity contribution in [1.82, 2.24) is 4.90 Å². The smallest absolute Gasteiger partial charge is 0.410 e. The molecule has 1 unspecified atom stereocenters. The van der Waals surface area contributed by atoms with Gasteiger partial charge in [0.05, 0.1) is 6.04 Å². The van der Waals surface area contributed by atoms with Gasteiger partial charge in [0, 0.05) is 25.8 Å². The predicted octanol–water partition coefficient (Wildman–Crippen LogP) is 2.84. The SMILES string of the molecule is CN(C(=O)OC(C)(C)C)C1CCN(c2ccc(O)cc2)C1. The Bertz CT molecular complexity index is 493. The number of rotatable bonds is 2. The van der Waals surface area contributed by atoms with Crippen molar-refractivity contribution in [2.75, 3.05) is 25.0 Å². The van der Waals surface area contributed by atoms with Crippen LogP contribution in [-0.4, -0.2) is 47.9 Å². The highest BCUT2D eigenvalue weighted by Gasteiger charge is 2.31. The Hall–Kier alpha value is -1.91. The minimum Gasteiger partial charge on any atom is -0.508 e. The Labute approximate surface area is 126 Å². The highest BCUT2D eigenvalue weighted by molar-refractivity contribution is 5.68. The Morgan fingerprint density at radius 2 is 1.95 bits per heavy atom. The van der Waals surface area contributed by atoms with E-state index in [0.29, 0.717) is 0 Å². The van der Waals surface area contributed by atoms with Crippen LogP contribution in [0.3, 0.4) is 0 Å². The lowest BCUT2D eigenvalue weighted by molar-refractivity contribution is 0.0238. The number of hydrogen-bond donors (Lipinski definition) is 1. The molecule has 1 heterocycles. The highest BCUT2D eigenvalue weighted by atomic mass is 16.6. The molecule has 0 spiro atoms. The summed E-state index contributed by atoms with van der Waals surface area (Å²) in [7, 11) is 1.79. The van der Waals surface area contributed by atoms with Gasteiger partial charge < -0.3 is 19.6 Å². The molecule has 1 aromatic carbocycles. The number of nitrogens with zero attached hydrogens (tertiary/aromatic N) is 2. The van der Waals surface area contributed by atoms with Crippen molar-refractivity contribution in [3.05, 3.63) is 24.3 Å². The van der Waals surface area contributed by atoms with Crippen LogP contribution in [0.1, 0.15) is 27.2 Å². The number of phenolic OH excluding ortho intramolecular Hbond substituents is 1.